The SMILES string of the molecule is CC[Si](CC)(CC)c1ccc2c(c1)-c1cc([Si](CC)(CC)CC)ccc1C2. The minimum absolute atomic E-state index is 1.13. The molecule has 0 N–H and O–H groups in total. The van der Waals surface area contributed by atoms with Crippen molar-refractivity contribution >= 4 is 26.5 Å². The average Bonchev–Trinajstić information content (AvgIpc) is 3.09. The van der Waals surface area contributed by atoms with E-state index in [1.54, 1.807) is 32.6 Å². The third-order valence-electron chi connectivity index (χ3n) is 8.18. The lowest BCUT2D eigenvalue weighted by Gasteiger charge is -2.30. The monoisotopic (exact) mass is 394 g/mol. The van der Waals surface area contributed by atoms with E-state index in [2.05, 4.69) is 77.9 Å². The summed E-state index contributed by atoms with van der Waals surface area (Å²) in [6, 6.07) is 23.3. The molecule has 0 heterocycles. The zero-order valence-corrected chi connectivity index (χ0v) is 20.4. The smallest absolute Gasteiger partial charge is 0.0675 e. The van der Waals surface area contributed by atoms with Crippen molar-refractivity contribution in [1.29, 1.82) is 0 Å². The Labute approximate surface area is 169 Å². The summed E-state index contributed by atoms with van der Waals surface area (Å²) in [5, 5.41) is 3.38. The van der Waals surface area contributed by atoms with Crippen molar-refractivity contribution in [3.8, 4) is 11.1 Å². The van der Waals surface area contributed by atoms with Gasteiger partial charge in [-0.15, -0.1) is 0 Å². The number of hydrogen-bond donors (Lipinski definition) is 0. The van der Waals surface area contributed by atoms with E-state index in [4.69, 9.17) is 0 Å². The van der Waals surface area contributed by atoms with E-state index >= 15 is 0 Å². The average molecular weight is 395 g/mol. The van der Waals surface area contributed by atoms with Gasteiger partial charge in [-0.25, -0.2) is 0 Å². The summed E-state index contributed by atoms with van der Waals surface area (Å²) in [6.07, 6.45) is 1.13. The molecule has 0 fully saturated rings. The predicted octanol–water partition coefficient (Wildman–Crippen LogP) is 6.69. The molecule has 27 heavy (non-hydrogen) atoms. The maximum Gasteiger partial charge on any atom is 0.0859 e. The molecule has 0 spiro atoms. The van der Waals surface area contributed by atoms with Gasteiger partial charge >= 0.3 is 0 Å². The molecular formula is C25H38Si2. The van der Waals surface area contributed by atoms with Crippen LogP contribution in [0.5, 0.6) is 0 Å². The fourth-order valence-corrected chi connectivity index (χ4v) is 12.8. The van der Waals surface area contributed by atoms with Gasteiger partial charge < -0.3 is 0 Å². The molecular weight excluding hydrogens is 356 g/mol. The second-order valence-corrected chi connectivity index (χ2v) is 19.1. The van der Waals surface area contributed by atoms with Crippen LogP contribution >= 0.6 is 0 Å². The number of benzene rings is 2. The van der Waals surface area contributed by atoms with Gasteiger partial charge in [-0.1, -0.05) is 125 Å². The molecule has 2 heteroatoms. The molecule has 3 rings (SSSR count). The van der Waals surface area contributed by atoms with Crippen LogP contribution in [0.3, 0.4) is 0 Å². The molecule has 2 aromatic rings. The Balaban J connectivity index is 2.12. The minimum atomic E-state index is -1.32. The first-order valence-corrected chi connectivity index (χ1v) is 16.5. The second-order valence-electron chi connectivity index (χ2n) is 8.60. The van der Waals surface area contributed by atoms with E-state index in [1.807, 2.05) is 0 Å². The molecule has 0 saturated heterocycles. The molecule has 0 unspecified atom stereocenters. The van der Waals surface area contributed by atoms with Crippen molar-refractivity contribution in [2.24, 2.45) is 0 Å². The van der Waals surface area contributed by atoms with Crippen molar-refractivity contribution in [2.45, 2.75) is 84.2 Å². The largest absolute Gasteiger partial charge is 0.0859 e. The molecule has 2 aromatic carbocycles. The lowest BCUT2D eigenvalue weighted by Crippen LogP contribution is -2.46. The Morgan fingerprint density at radius 2 is 0.889 bits per heavy atom. The molecule has 1 aliphatic carbocycles. The number of rotatable bonds is 8. The fourth-order valence-electron chi connectivity index (χ4n) is 5.55. The first kappa shape index (κ1) is 20.6. The molecule has 0 nitrogen and oxygen atoms in total. The molecule has 0 aliphatic heterocycles. The van der Waals surface area contributed by atoms with Gasteiger partial charge in [0.2, 0.25) is 0 Å². The van der Waals surface area contributed by atoms with Crippen LogP contribution in [0.25, 0.3) is 11.1 Å². The first-order valence-electron chi connectivity index (χ1n) is 11.3. The van der Waals surface area contributed by atoms with E-state index in [0.29, 0.717) is 0 Å². The van der Waals surface area contributed by atoms with Crippen LogP contribution in [-0.4, -0.2) is 16.1 Å². The van der Waals surface area contributed by atoms with E-state index in [-0.39, 0.29) is 0 Å². The number of hydrogen-bond acceptors (Lipinski definition) is 0. The highest BCUT2D eigenvalue weighted by atomic mass is 28.3. The maximum atomic E-state index is 2.61. The summed E-state index contributed by atoms with van der Waals surface area (Å²) in [4.78, 5) is 0. The zero-order valence-electron chi connectivity index (χ0n) is 18.4. The van der Waals surface area contributed by atoms with Crippen molar-refractivity contribution < 1.29 is 0 Å². The summed E-state index contributed by atoms with van der Waals surface area (Å²) < 4.78 is 0. The van der Waals surface area contributed by atoms with Crippen molar-refractivity contribution in [3.05, 3.63) is 47.5 Å². The highest BCUT2D eigenvalue weighted by Crippen LogP contribution is 2.37. The molecule has 1 aliphatic rings. The van der Waals surface area contributed by atoms with Crippen LogP contribution in [0.4, 0.5) is 0 Å². The van der Waals surface area contributed by atoms with E-state index in [0.717, 1.165) is 6.42 Å². The Kier molecular flexibility index (Phi) is 6.17. The first-order chi connectivity index (χ1) is 13.0. The van der Waals surface area contributed by atoms with E-state index in [1.165, 1.54) is 36.3 Å². The molecule has 146 valence electrons. The van der Waals surface area contributed by atoms with Crippen LogP contribution in [0.2, 0.25) is 36.3 Å². The van der Waals surface area contributed by atoms with Gasteiger partial charge in [0.15, 0.2) is 0 Å². The van der Waals surface area contributed by atoms with Crippen molar-refractivity contribution in [3.63, 3.8) is 0 Å². The van der Waals surface area contributed by atoms with Gasteiger partial charge in [-0.3, -0.25) is 0 Å². The highest BCUT2D eigenvalue weighted by molar-refractivity contribution is 6.92. The molecule has 0 saturated carbocycles. The van der Waals surface area contributed by atoms with Crippen LogP contribution in [-0.2, 0) is 6.42 Å². The molecule has 0 bridgehead atoms. The highest BCUT2D eigenvalue weighted by Gasteiger charge is 2.33. The van der Waals surface area contributed by atoms with Gasteiger partial charge in [-0.05, 0) is 28.7 Å². The van der Waals surface area contributed by atoms with Gasteiger partial charge in [0.05, 0.1) is 16.1 Å². The molecule has 0 radical (unpaired) electrons. The minimum Gasteiger partial charge on any atom is -0.0675 e. The molecule has 0 amide bonds. The topological polar surface area (TPSA) is 0 Å². The van der Waals surface area contributed by atoms with E-state index in [9.17, 15) is 0 Å². The van der Waals surface area contributed by atoms with Crippen molar-refractivity contribution in [1.82, 2.24) is 0 Å². The Hall–Kier alpha value is -1.13. The second kappa shape index (κ2) is 8.09. The van der Waals surface area contributed by atoms with Crippen molar-refractivity contribution in [2.75, 3.05) is 0 Å². The van der Waals surface area contributed by atoms with Crippen LogP contribution in [0.1, 0.15) is 52.7 Å². The summed E-state index contributed by atoms with van der Waals surface area (Å²) in [5.74, 6) is 0. The van der Waals surface area contributed by atoms with Gasteiger partial charge in [0.1, 0.15) is 0 Å². The summed E-state index contributed by atoms with van der Waals surface area (Å²) in [6.45, 7) is 14.5. The quantitative estimate of drug-likeness (QED) is 0.373. The third-order valence-corrected chi connectivity index (χ3v) is 19.4. The lowest BCUT2D eigenvalue weighted by atomic mass is 10.1. The maximum absolute atomic E-state index is 2.61. The Bertz CT molecular complexity index is 714. The summed E-state index contributed by atoms with van der Waals surface area (Å²) in [7, 11) is -2.64. The van der Waals surface area contributed by atoms with Gasteiger partial charge in [-0.2, -0.15) is 0 Å². The van der Waals surface area contributed by atoms with Crippen LogP contribution in [0.15, 0.2) is 36.4 Å². The Morgan fingerprint density at radius 1 is 0.556 bits per heavy atom. The third kappa shape index (κ3) is 3.29. The zero-order chi connectivity index (χ0) is 19.7. The fraction of sp³-hybridized carbons (Fsp3) is 0.520. The summed E-state index contributed by atoms with van der Waals surface area (Å²) >= 11 is 0. The normalized spacial score (nSPS) is 13.6. The van der Waals surface area contributed by atoms with Gasteiger partial charge in [0, 0.05) is 0 Å². The molecule has 0 atom stereocenters. The predicted molar refractivity (Wildman–Crippen MR) is 128 cm³/mol. The van der Waals surface area contributed by atoms with Crippen LogP contribution in [0, 0.1) is 0 Å². The Morgan fingerprint density at radius 3 is 1.19 bits per heavy atom. The van der Waals surface area contributed by atoms with Crippen LogP contribution < -0.4 is 10.4 Å². The van der Waals surface area contributed by atoms with E-state index < -0.39 is 16.1 Å². The molecule has 0 aromatic heterocycles. The van der Waals surface area contributed by atoms with Gasteiger partial charge in [0.25, 0.3) is 0 Å². The number of fused-ring (bicyclic) bond motifs is 3. The lowest BCUT2D eigenvalue weighted by molar-refractivity contribution is 1.19. The summed E-state index contributed by atoms with van der Waals surface area (Å²) in [5.41, 5.74) is 6.22. The standard InChI is InChI=1S/C25H38Si2/c1-7-26(8-2,9-3)22-15-13-20-17-21-14-16-23(19-25(21)24(20)18-22)27(10-4,11-5)12-6/h13-16,18-19H,7-12,17H2,1-6H3.